The Balaban J connectivity index is 1.37. The molecule has 0 aromatic heterocycles. The summed E-state index contributed by atoms with van der Waals surface area (Å²) in [4.78, 5) is 32.2. The summed E-state index contributed by atoms with van der Waals surface area (Å²) in [6.45, 7) is 13.2. The number of amidine groups is 1. The summed E-state index contributed by atoms with van der Waals surface area (Å²) < 4.78 is 25.3. The number of nitrogens with one attached hydrogen (secondary N) is 2. The summed E-state index contributed by atoms with van der Waals surface area (Å²) in [6, 6.07) is 35.0. The monoisotopic (exact) mass is 789 g/mol. The van der Waals surface area contributed by atoms with Crippen LogP contribution in [0.15, 0.2) is 109 Å². The molecule has 11 heteroatoms. The van der Waals surface area contributed by atoms with Crippen molar-refractivity contribution in [3.05, 3.63) is 137 Å². The van der Waals surface area contributed by atoms with Crippen LogP contribution in [0.4, 0.5) is 15.3 Å². The van der Waals surface area contributed by atoms with Crippen LogP contribution in [0.25, 0.3) is 0 Å². The number of ether oxygens (including phenoxy) is 4. The second-order valence-corrected chi connectivity index (χ2v) is 16.8. The van der Waals surface area contributed by atoms with Crippen LogP contribution in [0, 0.1) is 5.41 Å². The van der Waals surface area contributed by atoms with Gasteiger partial charge in [-0.2, -0.15) is 0 Å². The average molecular weight is 790 g/mol. The molecular formula is C47H59N5O6. The SMILES string of the molecule is CC(c1ccccc1)[C@@H]1[C@@H]2OC(C)(C)O[C@H]2[C@@H](Cc2ccccc2)N(CCCCOCc2ccccc2)C(=O)N1Cc1ccc(NC(=O)OC(C)(C)C)c(C(=N)N)c1. The van der Waals surface area contributed by atoms with Gasteiger partial charge in [-0.15, -0.1) is 0 Å². The highest BCUT2D eigenvalue weighted by Crippen LogP contribution is 2.43. The summed E-state index contributed by atoms with van der Waals surface area (Å²) in [5.41, 5.74) is 10.1. The molecule has 0 aliphatic carbocycles. The summed E-state index contributed by atoms with van der Waals surface area (Å²) in [7, 11) is 0. The number of nitrogen functional groups attached to an aromatic ring is 1. The molecular weight excluding hydrogens is 731 g/mol. The van der Waals surface area contributed by atoms with Crippen LogP contribution < -0.4 is 11.1 Å². The number of benzene rings is 4. The number of nitrogens with two attached hydrogens (primary N) is 1. The molecule has 2 fully saturated rings. The van der Waals surface area contributed by atoms with Crippen LogP contribution >= 0.6 is 0 Å². The molecule has 0 spiro atoms. The molecule has 0 saturated carbocycles. The van der Waals surface area contributed by atoms with Crippen LogP contribution in [-0.4, -0.2) is 76.6 Å². The van der Waals surface area contributed by atoms with Gasteiger partial charge < -0.3 is 34.5 Å². The van der Waals surface area contributed by atoms with Crippen molar-refractivity contribution >= 4 is 23.6 Å². The Bertz CT molecular complexity index is 1990. The Kier molecular flexibility index (Phi) is 13.6. The van der Waals surface area contributed by atoms with Gasteiger partial charge in [0.15, 0.2) is 5.79 Å². The normalized spacial score (nSPS) is 20.9. The predicted molar refractivity (Wildman–Crippen MR) is 227 cm³/mol. The molecule has 308 valence electrons. The van der Waals surface area contributed by atoms with Crippen LogP contribution in [0.5, 0.6) is 0 Å². The highest BCUT2D eigenvalue weighted by atomic mass is 16.8. The number of carbonyl (C=O) groups excluding carboxylic acids is 2. The van der Waals surface area contributed by atoms with Crippen LogP contribution in [0.3, 0.4) is 0 Å². The van der Waals surface area contributed by atoms with Gasteiger partial charge in [0.25, 0.3) is 0 Å². The van der Waals surface area contributed by atoms with Crippen LogP contribution in [0.1, 0.15) is 88.1 Å². The fourth-order valence-corrected chi connectivity index (χ4v) is 8.07. The minimum absolute atomic E-state index is 0.126. The standard InChI is InChI=1S/C47H59N5O6/c1-32(36-22-14-9-15-23-36)40-42-41(56-47(5,6)57-42)39(29-33-18-10-7-11-19-33)51(26-16-17-27-55-31-34-20-12-8-13-21-34)45(54)52(40)30-35-24-25-38(37(28-35)43(48)49)50-44(53)58-46(2,3)4/h7-15,18-25,28,32,39-42H,16-17,26-27,29-31H2,1-6H3,(H3,48,49)(H,50,53)/t32?,39-,40-,41+,42+/m1/s1. The number of unbranched alkanes of at least 4 members (excludes halogenated alkanes) is 1. The second-order valence-electron chi connectivity index (χ2n) is 16.8. The van der Waals surface area contributed by atoms with Crippen molar-refractivity contribution in [1.82, 2.24) is 9.80 Å². The molecule has 3 amide bonds. The quantitative estimate of drug-likeness (QED) is 0.0621. The van der Waals surface area contributed by atoms with Gasteiger partial charge in [-0.1, -0.05) is 104 Å². The van der Waals surface area contributed by atoms with E-state index >= 15 is 4.79 Å². The van der Waals surface area contributed by atoms with Gasteiger partial charge >= 0.3 is 12.1 Å². The molecule has 2 saturated heterocycles. The van der Waals surface area contributed by atoms with E-state index in [2.05, 4.69) is 48.6 Å². The van der Waals surface area contributed by atoms with E-state index in [9.17, 15) is 4.79 Å². The molecule has 6 rings (SSSR count). The fourth-order valence-electron chi connectivity index (χ4n) is 8.07. The Morgan fingerprint density at radius 2 is 1.48 bits per heavy atom. The summed E-state index contributed by atoms with van der Waals surface area (Å²) in [5, 5.41) is 11.2. The van der Waals surface area contributed by atoms with Crippen molar-refractivity contribution in [2.45, 2.75) is 116 Å². The van der Waals surface area contributed by atoms with Gasteiger partial charge in [-0.3, -0.25) is 10.7 Å². The largest absolute Gasteiger partial charge is 0.444 e. The first kappa shape index (κ1) is 42.4. The lowest BCUT2D eigenvalue weighted by Gasteiger charge is -2.39. The molecule has 0 bridgehead atoms. The Morgan fingerprint density at radius 1 is 0.862 bits per heavy atom. The van der Waals surface area contributed by atoms with E-state index in [1.807, 2.05) is 84.3 Å². The molecule has 2 aliphatic rings. The van der Waals surface area contributed by atoms with Gasteiger partial charge in [0.05, 0.1) is 24.4 Å². The maximum absolute atomic E-state index is 15.5. The topological polar surface area (TPSA) is 139 Å². The number of nitrogens with zero attached hydrogens (tertiary/aromatic N) is 2. The van der Waals surface area contributed by atoms with Gasteiger partial charge in [0, 0.05) is 31.2 Å². The van der Waals surface area contributed by atoms with E-state index in [0.29, 0.717) is 37.4 Å². The van der Waals surface area contributed by atoms with Gasteiger partial charge in [0.1, 0.15) is 23.6 Å². The zero-order valence-corrected chi connectivity index (χ0v) is 34.7. The van der Waals surface area contributed by atoms with Crippen molar-refractivity contribution in [3.8, 4) is 0 Å². The number of anilines is 1. The van der Waals surface area contributed by atoms with Crippen LogP contribution in [-0.2, 0) is 38.5 Å². The summed E-state index contributed by atoms with van der Waals surface area (Å²) in [6.07, 6.45) is 0.492. The predicted octanol–water partition coefficient (Wildman–Crippen LogP) is 8.86. The zero-order valence-electron chi connectivity index (χ0n) is 34.7. The first-order chi connectivity index (χ1) is 27.7. The van der Waals surface area contributed by atoms with Gasteiger partial charge in [0.2, 0.25) is 0 Å². The van der Waals surface area contributed by atoms with Crippen molar-refractivity contribution in [2.75, 3.05) is 18.5 Å². The lowest BCUT2D eigenvalue weighted by Crippen LogP contribution is -2.52. The van der Waals surface area contributed by atoms with Gasteiger partial charge in [-0.05, 0) is 88.3 Å². The molecule has 4 aromatic rings. The molecule has 4 N–H and O–H groups in total. The first-order valence-corrected chi connectivity index (χ1v) is 20.3. The molecule has 2 aliphatic heterocycles. The van der Waals surface area contributed by atoms with Crippen molar-refractivity contribution in [2.24, 2.45) is 5.73 Å². The average Bonchev–Trinajstić information content (AvgIpc) is 3.47. The number of urea groups is 1. The smallest absolute Gasteiger partial charge is 0.412 e. The number of amides is 3. The highest BCUT2D eigenvalue weighted by Gasteiger charge is 2.56. The maximum Gasteiger partial charge on any atom is 0.412 e. The Morgan fingerprint density at radius 3 is 2.12 bits per heavy atom. The fraction of sp³-hybridized carbons (Fsp3) is 0.426. The van der Waals surface area contributed by atoms with E-state index in [1.54, 1.807) is 32.9 Å². The van der Waals surface area contributed by atoms with Crippen molar-refractivity contribution in [3.63, 3.8) is 0 Å². The third-order valence-corrected chi connectivity index (χ3v) is 10.7. The van der Waals surface area contributed by atoms with E-state index in [4.69, 9.17) is 30.1 Å². The second kappa shape index (κ2) is 18.6. The molecule has 58 heavy (non-hydrogen) atoms. The summed E-state index contributed by atoms with van der Waals surface area (Å²) >= 11 is 0. The Labute approximate surface area is 343 Å². The molecule has 5 atom stereocenters. The highest BCUT2D eigenvalue weighted by molar-refractivity contribution is 6.03. The Hall–Kier alpha value is -5.23. The number of rotatable bonds is 15. The minimum Gasteiger partial charge on any atom is -0.444 e. The number of fused-ring (bicyclic) bond motifs is 1. The summed E-state index contributed by atoms with van der Waals surface area (Å²) in [5.74, 6) is -1.28. The van der Waals surface area contributed by atoms with E-state index in [1.165, 1.54) is 0 Å². The molecule has 1 unspecified atom stereocenters. The first-order valence-electron chi connectivity index (χ1n) is 20.3. The number of carbonyl (C=O) groups is 2. The zero-order chi connectivity index (χ0) is 41.5. The van der Waals surface area contributed by atoms with Crippen molar-refractivity contribution < 1.29 is 28.5 Å². The van der Waals surface area contributed by atoms with E-state index < -0.39 is 35.7 Å². The molecule has 0 radical (unpaired) electrons. The number of hydrogen-bond acceptors (Lipinski definition) is 7. The lowest BCUT2D eigenvalue weighted by atomic mass is 9.84. The van der Waals surface area contributed by atoms with Crippen molar-refractivity contribution in [1.29, 1.82) is 5.41 Å². The lowest BCUT2D eigenvalue weighted by molar-refractivity contribution is -0.158. The molecule has 4 aromatic carbocycles. The van der Waals surface area contributed by atoms with Gasteiger partial charge in [-0.25, -0.2) is 9.59 Å². The number of hydrogen-bond donors (Lipinski definition) is 3. The van der Waals surface area contributed by atoms with E-state index in [-0.39, 0.29) is 30.4 Å². The minimum atomic E-state index is -0.904. The van der Waals surface area contributed by atoms with E-state index in [0.717, 1.165) is 35.1 Å². The molecule has 11 nitrogen and oxygen atoms in total. The third kappa shape index (κ3) is 10.8. The third-order valence-electron chi connectivity index (χ3n) is 10.7. The molecule has 2 heterocycles. The maximum atomic E-state index is 15.5. The van der Waals surface area contributed by atoms with Crippen LogP contribution in [0.2, 0.25) is 0 Å².